The Bertz CT molecular complexity index is 1200. The van der Waals surface area contributed by atoms with Gasteiger partial charge in [0, 0.05) is 31.2 Å². The molecule has 0 spiro atoms. The van der Waals surface area contributed by atoms with Gasteiger partial charge in [0.25, 0.3) is 0 Å². The average molecular weight is 562 g/mol. The van der Waals surface area contributed by atoms with Gasteiger partial charge in [-0.15, -0.1) is 0 Å². The second-order valence-electron chi connectivity index (χ2n) is 8.88. The molecule has 40 heavy (non-hydrogen) atoms. The van der Waals surface area contributed by atoms with Crippen LogP contribution in [0, 0.1) is 0 Å². The molecule has 2 rings (SSSR count). The van der Waals surface area contributed by atoms with Crippen LogP contribution in [0.4, 0.5) is 0 Å². The normalized spacial score (nSPS) is 13.7. The summed E-state index contributed by atoms with van der Waals surface area (Å²) in [5, 5.41) is 35.1. The number of rotatable bonds is 16. The molecule has 0 aliphatic heterocycles. The number of primary amides is 1. The van der Waals surface area contributed by atoms with Gasteiger partial charge in [0.15, 0.2) is 0 Å². The number of aromatic amines is 1. The van der Waals surface area contributed by atoms with Gasteiger partial charge in [-0.05, 0) is 24.1 Å². The molecular formula is C24H31N7O9. The number of H-pyrrole nitrogens is 1. The van der Waals surface area contributed by atoms with E-state index in [1.165, 1.54) is 36.8 Å². The van der Waals surface area contributed by atoms with Gasteiger partial charge in [-0.1, -0.05) is 12.1 Å². The Balaban J connectivity index is 2.27. The van der Waals surface area contributed by atoms with Crippen molar-refractivity contribution in [1.82, 2.24) is 25.9 Å². The third kappa shape index (κ3) is 10.4. The predicted molar refractivity (Wildman–Crippen MR) is 136 cm³/mol. The summed E-state index contributed by atoms with van der Waals surface area (Å²) >= 11 is 0. The predicted octanol–water partition coefficient (Wildman–Crippen LogP) is -2.49. The Morgan fingerprint density at radius 3 is 2.02 bits per heavy atom. The maximum absolute atomic E-state index is 13.2. The highest BCUT2D eigenvalue weighted by molar-refractivity contribution is 5.95. The summed E-state index contributed by atoms with van der Waals surface area (Å²) in [4.78, 5) is 79.4. The van der Waals surface area contributed by atoms with Crippen LogP contribution in [0.25, 0.3) is 0 Å². The van der Waals surface area contributed by atoms with E-state index in [2.05, 4.69) is 25.9 Å². The number of nitrogens with zero attached hydrogens (tertiary/aromatic N) is 1. The van der Waals surface area contributed by atoms with Crippen LogP contribution in [0.2, 0.25) is 0 Å². The Hall–Kier alpha value is -4.99. The lowest BCUT2D eigenvalue weighted by Gasteiger charge is -2.25. The highest BCUT2D eigenvalue weighted by atomic mass is 16.4. The lowest BCUT2D eigenvalue weighted by Crippen LogP contribution is -2.58. The summed E-state index contributed by atoms with van der Waals surface area (Å²) in [5.41, 5.74) is 11.6. The molecule has 0 saturated heterocycles. The summed E-state index contributed by atoms with van der Waals surface area (Å²) in [6.07, 6.45) is 1.08. The zero-order valence-corrected chi connectivity index (χ0v) is 21.2. The minimum absolute atomic E-state index is 0.0498. The second kappa shape index (κ2) is 14.8. The summed E-state index contributed by atoms with van der Waals surface area (Å²) in [5.74, 6) is -6.34. The van der Waals surface area contributed by atoms with Gasteiger partial charge in [-0.25, -0.2) is 9.78 Å². The number of phenols is 1. The molecule has 1 aromatic carbocycles. The maximum Gasteiger partial charge on any atom is 0.326 e. The van der Waals surface area contributed by atoms with E-state index in [0.717, 1.165) is 0 Å². The lowest BCUT2D eigenvalue weighted by atomic mass is 10.0. The van der Waals surface area contributed by atoms with E-state index in [1.54, 1.807) is 0 Å². The first-order valence-electron chi connectivity index (χ1n) is 12.0. The lowest BCUT2D eigenvalue weighted by molar-refractivity contribution is -0.142. The van der Waals surface area contributed by atoms with Crippen LogP contribution in [0.1, 0.15) is 30.5 Å². The molecule has 0 aliphatic carbocycles. The first kappa shape index (κ1) is 31.2. The van der Waals surface area contributed by atoms with Crippen molar-refractivity contribution in [2.75, 3.05) is 0 Å². The molecule has 4 amide bonds. The van der Waals surface area contributed by atoms with Crippen LogP contribution < -0.4 is 27.4 Å². The number of amides is 4. The molecule has 11 N–H and O–H groups in total. The van der Waals surface area contributed by atoms with Crippen LogP contribution in [-0.4, -0.2) is 85.0 Å². The van der Waals surface area contributed by atoms with E-state index in [1.807, 2.05) is 0 Å². The molecule has 1 heterocycles. The first-order chi connectivity index (χ1) is 18.8. The number of imidazole rings is 1. The highest BCUT2D eigenvalue weighted by Crippen LogP contribution is 2.12. The smallest absolute Gasteiger partial charge is 0.326 e. The van der Waals surface area contributed by atoms with E-state index in [-0.39, 0.29) is 31.4 Å². The van der Waals surface area contributed by atoms with E-state index < -0.39 is 66.2 Å². The number of carboxylic acid groups (broad SMARTS) is 2. The van der Waals surface area contributed by atoms with Gasteiger partial charge in [0.2, 0.25) is 23.6 Å². The summed E-state index contributed by atoms with van der Waals surface area (Å²) in [6.45, 7) is 0. The van der Waals surface area contributed by atoms with Gasteiger partial charge < -0.3 is 47.7 Å². The van der Waals surface area contributed by atoms with Crippen LogP contribution in [-0.2, 0) is 41.6 Å². The number of aromatic nitrogens is 2. The summed E-state index contributed by atoms with van der Waals surface area (Å²) in [7, 11) is 0. The van der Waals surface area contributed by atoms with Crippen LogP contribution in [0.15, 0.2) is 36.8 Å². The summed E-state index contributed by atoms with van der Waals surface area (Å²) < 4.78 is 0. The number of nitrogens with one attached hydrogen (secondary N) is 4. The Kier molecular flexibility index (Phi) is 11.6. The monoisotopic (exact) mass is 561 g/mol. The maximum atomic E-state index is 13.2. The van der Waals surface area contributed by atoms with Crippen molar-refractivity contribution >= 4 is 35.6 Å². The molecule has 4 unspecified atom stereocenters. The number of nitrogens with two attached hydrogens (primary N) is 2. The van der Waals surface area contributed by atoms with Crippen LogP contribution in [0.5, 0.6) is 5.75 Å². The van der Waals surface area contributed by atoms with E-state index >= 15 is 0 Å². The number of carboxylic acids is 2. The average Bonchev–Trinajstić information content (AvgIpc) is 3.39. The zero-order chi connectivity index (χ0) is 29.8. The highest BCUT2D eigenvalue weighted by Gasteiger charge is 2.31. The van der Waals surface area contributed by atoms with Crippen molar-refractivity contribution < 1.29 is 44.1 Å². The molecular weight excluding hydrogens is 530 g/mol. The quantitative estimate of drug-likeness (QED) is 0.103. The largest absolute Gasteiger partial charge is 0.508 e. The standard InChI is InChI=1S/C24H31N7O9/c25-15(9-20(34)35)21(36)29-16(5-6-19(26)33)22(37)30-17(7-12-1-3-14(32)4-2-12)23(38)31-18(24(39)40)8-13-10-27-11-28-13/h1-4,10-11,15-18,32H,5-9,25H2,(H2,26,33)(H,27,28)(H,29,36)(H,30,37)(H,31,38)(H,34,35)(H,39,40). The molecule has 16 nitrogen and oxygen atoms in total. The van der Waals surface area contributed by atoms with Crippen LogP contribution in [0.3, 0.4) is 0 Å². The Morgan fingerprint density at radius 1 is 0.875 bits per heavy atom. The van der Waals surface area contributed by atoms with Gasteiger partial charge in [0.1, 0.15) is 23.9 Å². The van der Waals surface area contributed by atoms with E-state index in [0.29, 0.717) is 11.3 Å². The van der Waals surface area contributed by atoms with Crippen molar-refractivity contribution in [2.24, 2.45) is 11.5 Å². The number of phenolic OH excluding ortho intramolecular Hbond substituents is 1. The van der Waals surface area contributed by atoms with Gasteiger partial charge in [-0.2, -0.15) is 0 Å². The summed E-state index contributed by atoms with van der Waals surface area (Å²) in [6, 6.07) is -0.0374. The Labute approximate surface area is 227 Å². The number of hydrogen-bond donors (Lipinski definition) is 9. The number of benzene rings is 1. The fraction of sp³-hybridized carbons (Fsp3) is 0.375. The molecule has 0 saturated carbocycles. The minimum atomic E-state index is -1.50. The number of hydrogen-bond acceptors (Lipinski definition) is 9. The number of aliphatic carboxylic acids is 2. The number of carbonyl (C=O) groups excluding carboxylic acids is 4. The third-order valence-corrected chi connectivity index (χ3v) is 5.65. The van der Waals surface area contributed by atoms with Crippen LogP contribution >= 0.6 is 0 Å². The van der Waals surface area contributed by atoms with Gasteiger partial charge >= 0.3 is 11.9 Å². The first-order valence-corrected chi connectivity index (χ1v) is 12.0. The van der Waals surface area contributed by atoms with Crippen molar-refractivity contribution in [3.8, 4) is 5.75 Å². The zero-order valence-electron chi connectivity index (χ0n) is 21.2. The van der Waals surface area contributed by atoms with Crippen molar-refractivity contribution in [2.45, 2.75) is 56.3 Å². The molecule has 0 radical (unpaired) electrons. The number of carbonyl (C=O) groups is 6. The molecule has 4 atom stereocenters. The van der Waals surface area contributed by atoms with Crippen molar-refractivity contribution in [3.63, 3.8) is 0 Å². The minimum Gasteiger partial charge on any atom is -0.508 e. The second-order valence-corrected chi connectivity index (χ2v) is 8.88. The molecule has 2 aromatic rings. The van der Waals surface area contributed by atoms with Crippen molar-refractivity contribution in [3.05, 3.63) is 48.0 Å². The SMILES string of the molecule is NC(=O)CCC(NC(=O)C(N)CC(=O)O)C(=O)NC(Cc1ccc(O)cc1)C(=O)NC(Cc1cnc[nH]1)C(=O)O. The Morgan fingerprint density at radius 2 is 1.48 bits per heavy atom. The number of aromatic hydroxyl groups is 1. The fourth-order valence-corrected chi connectivity index (χ4v) is 3.55. The van der Waals surface area contributed by atoms with Gasteiger partial charge in [-0.3, -0.25) is 24.0 Å². The van der Waals surface area contributed by atoms with E-state index in [9.17, 15) is 39.0 Å². The van der Waals surface area contributed by atoms with Crippen molar-refractivity contribution in [1.29, 1.82) is 0 Å². The molecule has 216 valence electrons. The molecule has 0 aliphatic rings. The molecule has 0 bridgehead atoms. The molecule has 1 aromatic heterocycles. The third-order valence-electron chi connectivity index (χ3n) is 5.65. The fourth-order valence-electron chi connectivity index (χ4n) is 3.55. The molecule has 0 fully saturated rings. The van der Waals surface area contributed by atoms with E-state index in [4.69, 9.17) is 16.6 Å². The van der Waals surface area contributed by atoms with Gasteiger partial charge in [0.05, 0.1) is 18.8 Å². The topological polar surface area (TPSA) is 280 Å². The molecule has 16 heteroatoms.